The second-order valence-corrected chi connectivity index (χ2v) is 9.19. The van der Waals surface area contributed by atoms with Crippen molar-refractivity contribution in [3.8, 4) is 28.5 Å². The standard InChI is InChI=1S/C28H27F2N7O5/c1-36-14-23(34-27(40)22-13-33-37-9-3-8-31-26(22)37)25(35-36)21-11-20(6-7-24(21)42-28(29)30)41-19-5-2-4-17(10-19)12-32-18(15-38)16-39/h2-11,13-14,18,28,32,38-39H,12,15-16H2,1H3,(H,34,40). The predicted molar refractivity (Wildman–Crippen MR) is 148 cm³/mol. The largest absolute Gasteiger partial charge is 0.457 e. The highest BCUT2D eigenvalue weighted by Crippen LogP contribution is 2.38. The molecule has 42 heavy (non-hydrogen) atoms. The van der Waals surface area contributed by atoms with Crippen LogP contribution >= 0.6 is 0 Å². The van der Waals surface area contributed by atoms with E-state index in [1.807, 2.05) is 6.07 Å². The van der Waals surface area contributed by atoms with E-state index in [4.69, 9.17) is 9.47 Å². The van der Waals surface area contributed by atoms with Crippen molar-refractivity contribution in [1.82, 2.24) is 29.7 Å². The van der Waals surface area contributed by atoms with Gasteiger partial charge in [-0.15, -0.1) is 0 Å². The highest BCUT2D eigenvalue weighted by molar-refractivity contribution is 6.09. The van der Waals surface area contributed by atoms with Gasteiger partial charge in [-0.25, -0.2) is 9.50 Å². The summed E-state index contributed by atoms with van der Waals surface area (Å²) in [4.78, 5) is 17.4. The molecular weight excluding hydrogens is 552 g/mol. The van der Waals surface area contributed by atoms with Gasteiger partial charge in [0, 0.05) is 32.2 Å². The Kier molecular flexibility index (Phi) is 8.66. The molecule has 2 aromatic carbocycles. The van der Waals surface area contributed by atoms with Crippen molar-refractivity contribution in [2.45, 2.75) is 19.2 Å². The van der Waals surface area contributed by atoms with Crippen LogP contribution in [0.5, 0.6) is 17.2 Å². The number of nitrogens with zero attached hydrogens (tertiary/aromatic N) is 5. The number of aliphatic hydroxyl groups is 2. The van der Waals surface area contributed by atoms with Gasteiger partial charge in [0.05, 0.1) is 36.7 Å². The average molecular weight is 580 g/mol. The molecule has 14 heteroatoms. The Labute approximate surface area is 238 Å². The maximum Gasteiger partial charge on any atom is 0.387 e. The SMILES string of the molecule is Cn1cc(NC(=O)c2cnn3cccnc23)c(-c2cc(Oc3cccc(CNC(CO)CO)c3)ccc2OC(F)F)n1. The normalized spacial score (nSPS) is 11.4. The molecule has 5 rings (SSSR count). The zero-order valence-electron chi connectivity index (χ0n) is 22.3. The predicted octanol–water partition coefficient (Wildman–Crippen LogP) is 3.22. The minimum atomic E-state index is -3.10. The van der Waals surface area contributed by atoms with E-state index in [-0.39, 0.29) is 41.5 Å². The quantitative estimate of drug-likeness (QED) is 0.175. The molecule has 5 aromatic rings. The van der Waals surface area contributed by atoms with Crippen LogP contribution < -0.4 is 20.1 Å². The highest BCUT2D eigenvalue weighted by Gasteiger charge is 2.22. The molecule has 3 aromatic heterocycles. The van der Waals surface area contributed by atoms with E-state index in [9.17, 15) is 23.8 Å². The molecule has 0 spiro atoms. The van der Waals surface area contributed by atoms with Crippen LogP contribution in [0.2, 0.25) is 0 Å². The van der Waals surface area contributed by atoms with Crippen molar-refractivity contribution in [1.29, 1.82) is 0 Å². The number of ether oxygens (including phenoxy) is 2. The summed E-state index contributed by atoms with van der Waals surface area (Å²) in [5.41, 5.74) is 1.96. The summed E-state index contributed by atoms with van der Waals surface area (Å²) in [7, 11) is 1.63. The molecule has 0 saturated heterocycles. The molecule has 0 atom stereocenters. The number of carbonyl (C=O) groups excluding carboxylic acids is 1. The van der Waals surface area contributed by atoms with Crippen LogP contribution in [0.3, 0.4) is 0 Å². The third kappa shape index (κ3) is 6.52. The molecule has 0 radical (unpaired) electrons. The first-order chi connectivity index (χ1) is 20.3. The fourth-order valence-corrected chi connectivity index (χ4v) is 4.22. The van der Waals surface area contributed by atoms with Crippen molar-refractivity contribution in [2.75, 3.05) is 18.5 Å². The summed E-state index contributed by atoms with van der Waals surface area (Å²) in [5.74, 6) is 0.0791. The van der Waals surface area contributed by atoms with Gasteiger partial charge in [0.1, 0.15) is 28.5 Å². The number of amides is 1. The Balaban J connectivity index is 1.44. The van der Waals surface area contributed by atoms with E-state index in [0.29, 0.717) is 23.7 Å². The Hall–Kier alpha value is -4.92. The van der Waals surface area contributed by atoms with Crippen LogP contribution in [0, 0.1) is 0 Å². The molecular formula is C28H27F2N7O5. The molecule has 0 bridgehead atoms. The number of anilines is 1. The molecule has 3 heterocycles. The van der Waals surface area contributed by atoms with E-state index < -0.39 is 18.6 Å². The molecule has 0 aliphatic heterocycles. The second kappa shape index (κ2) is 12.7. The maximum atomic E-state index is 13.3. The van der Waals surface area contributed by atoms with Crippen molar-refractivity contribution >= 4 is 17.2 Å². The monoisotopic (exact) mass is 579 g/mol. The van der Waals surface area contributed by atoms with Gasteiger partial charge in [0.2, 0.25) is 0 Å². The van der Waals surface area contributed by atoms with E-state index in [2.05, 4.69) is 25.8 Å². The number of aromatic nitrogens is 5. The fourth-order valence-electron chi connectivity index (χ4n) is 4.22. The first-order valence-electron chi connectivity index (χ1n) is 12.8. The molecule has 0 aliphatic rings. The van der Waals surface area contributed by atoms with Gasteiger partial charge in [0.25, 0.3) is 5.91 Å². The Bertz CT molecular complexity index is 1690. The third-order valence-electron chi connectivity index (χ3n) is 6.19. The van der Waals surface area contributed by atoms with E-state index in [1.54, 1.807) is 37.5 Å². The molecule has 1 amide bonds. The van der Waals surface area contributed by atoms with Gasteiger partial charge in [-0.2, -0.15) is 19.0 Å². The highest BCUT2D eigenvalue weighted by atomic mass is 19.3. The summed E-state index contributed by atoms with van der Waals surface area (Å²) < 4.78 is 40.4. The molecule has 0 unspecified atom stereocenters. The van der Waals surface area contributed by atoms with E-state index >= 15 is 0 Å². The molecule has 0 saturated carbocycles. The van der Waals surface area contributed by atoms with Crippen molar-refractivity contribution < 1.29 is 33.3 Å². The summed E-state index contributed by atoms with van der Waals surface area (Å²) in [5, 5.41) is 32.9. The maximum absolute atomic E-state index is 13.3. The zero-order chi connectivity index (χ0) is 29.6. The number of rotatable bonds is 12. The minimum absolute atomic E-state index is 0.160. The van der Waals surface area contributed by atoms with Gasteiger partial charge < -0.3 is 30.3 Å². The van der Waals surface area contributed by atoms with Crippen LogP contribution in [0.15, 0.2) is 73.3 Å². The van der Waals surface area contributed by atoms with Crippen LogP contribution in [0.4, 0.5) is 14.5 Å². The molecule has 0 aliphatic carbocycles. The van der Waals surface area contributed by atoms with E-state index in [1.165, 1.54) is 46.0 Å². The van der Waals surface area contributed by atoms with Crippen LogP contribution in [0.1, 0.15) is 15.9 Å². The van der Waals surface area contributed by atoms with Gasteiger partial charge in [-0.1, -0.05) is 12.1 Å². The van der Waals surface area contributed by atoms with Crippen molar-refractivity contribution in [2.24, 2.45) is 7.05 Å². The smallest absolute Gasteiger partial charge is 0.387 e. The molecule has 218 valence electrons. The number of hydrogen-bond acceptors (Lipinski definition) is 9. The number of carbonyl (C=O) groups is 1. The minimum Gasteiger partial charge on any atom is -0.457 e. The van der Waals surface area contributed by atoms with Gasteiger partial charge >= 0.3 is 6.61 Å². The summed E-state index contributed by atoms with van der Waals surface area (Å²) >= 11 is 0. The fraction of sp³-hybridized carbons (Fsp3) is 0.214. The summed E-state index contributed by atoms with van der Waals surface area (Å²) in [6.07, 6.45) is 6.11. The lowest BCUT2D eigenvalue weighted by Gasteiger charge is -2.15. The van der Waals surface area contributed by atoms with Crippen LogP contribution in [-0.4, -0.2) is 66.4 Å². The van der Waals surface area contributed by atoms with Gasteiger partial charge in [-0.05, 0) is 42.0 Å². The van der Waals surface area contributed by atoms with Crippen molar-refractivity contribution in [3.05, 3.63) is 84.4 Å². The number of benzene rings is 2. The zero-order valence-corrected chi connectivity index (χ0v) is 22.3. The number of aliphatic hydroxyl groups excluding tert-OH is 2. The topological polar surface area (TPSA) is 148 Å². The summed E-state index contributed by atoms with van der Waals surface area (Å²) in [6.45, 7) is -3.16. The van der Waals surface area contributed by atoms with Crippen molar-refractivity contribution in [3.63, 3.8) is 0 Å². The van der Waals surface area contributed by atoms with Crippen LogP contribution in [0.25, 0.3) is 16.9 Å². The molecule has 12 nitrogen and oxygen atoms in total. The number of halogens is 2. The number of hydrogen-bond donors (Lipinski definition) is 4. The second-order valence-electron chi connectivity index (χ2n) is 9.19. The lowest BCUT2D eigenvalue weighted by molar-refractivity contribution is -0.0494. The summed E-state index contributed by atoms with van der Waals surface area (Å²) in [6, 6.07) is 12.6. The molecule has 0 fully saturated rings. The van der Waals surface area contributed by atoms with Gasteiger partial charge in [0.15, 0.2) is 5.65 Å². The number of alkyl halides is 2. The Morgan fingerprint density at radius 3 is 2.69 bits per heavy atom. The first kappa shape index (κ1) is 28.6. The third-order valence-corrected chi connectivity index (χ3v) is 6.19. The first-order valence-corrected chi connectivity index (χ1v) is 12.8. The number of fused-ring (bicyclic) bond motifs is 1. The van der Waals surface area contributed by atoms with Crippen LogP contribution in [-0.2, 0) is 13.6 Å². The average Bonchev–Trinajstić information content (AvgIpc) is 3.57. The Morgan fingerprint density at radius 2 is 1.90 bits per heavy atom. The number of aryl methyl sites for hydroxylation is 1. The van der Waals surface area contributed by atoms with Gasteiger partial charge in [-0.3, -0.25) is 9.48 Å². The number of nitrogens with one attached hydrogen (secondary N) is 2. The Morgan fingerprint density at radius 1 is 1.10 bits per heavy atom. The lowest BCUT2D eigenvalue weighted by Crippen LogP contribution is -2.35. The molecule has 4 N–H and O–H groups in total. The van der Waals surface area contributed by atoms with E-state index in [0.717, 1.165) is 5.56 Å². The lowest BCUT2D eigenvalue weighted by atomic mass is 10.1.